The van der Waals surface area contributed by atoms with Gasteiger partial charge in [0.1, 0.15) is 0 Å². The van der Waals surface area contributed by atoms with Crippen LogP contribution in [-0.4, -0.2) is 30.0 Å². The number of benzene rings is 1. The summed E-state index contributed by atoms with van der Waals surface area (Å²) in [6.07, 6.45) is 3.59. The van der Waals surface area contributed by atoms with Gasteiger partial charge in [-0.3, -0.25) is 0 Å². The second-order valence-corrected chi connectivity index (χ2v) is 7.00. The number of rotatable bonds is 2. The van der Waals surface area contributed by atoms with E-state index < -0.39 is 0 Å². The molecule has 1 unspecified atom stereocenters. The summed E-state index contributed by atoms with van der Waals surface area (Å²) in [5.41, 5.74) is 4.08. The molecule has 0 spiro atoms. The summed E-state index contributed by atoms with van der Waals surface area (Å²) in [4.78, 5) is 8.83. The van der Waals surface area contributed by atoms with Crippen molar-refractivity contribution in [1.82, 2.24) is 9.88 Å². The lowest BCUT2D eigenvalue weighted by atomic mass is 10.1. The Hall–Kier alpha value is -1.19. The Bertz CT molecular complexity index is 617. The Kier molecular flexibility index (Phi) is 2.71. The third-order valence-electron chi connectivity index (χ3n) is 4.32. The van der Waals surface area contributed by atoms with E-state index in [2.05, 4.69) is 36.2 Å². The zero-order chi connectivity index (χ0) is 12.8. The van der Waals surface area contributed by atoms with E-state index in [9.17, 15) is 0 Å². The van der Waals surface area contributed by atoms with Gasteiger partial charge in [0.05, 0.1) is 10.7 Å². The van der Waals surface area contributed by atoms with E-state index in [1.807, 2.05) is 11.3 Å². The molecule has 1 aliphatic heterocycles. The van der Waals surface area contributed by atoms with Gasteiger partial charge in [-0.25, -0.2) is 4.98 Å². The van der Waals surface area contributed by atoms with Gasteiger partial charge >= 0.3 is 0 Å². The van der Waals surface area contributed by atoms with E-state index in [4.69, 9.17) is 4.98 Å². The first-order chi connectivity index (χ1) is 9.29. The molecule has 1 atom stereocenters. The molecule has 2 aromatic rings. The Balaban J connectivity index is 1.59. The van der Waals surface area contributed by atoms with Crippen LogP contribution in [0.3, 0.4) is 0 Å². The predicted molar refractivity (Wildman–Crippen MR) is 79.7 cm³/mol. The van der Waals surface area contributed by atoms with E-state index in [1.54, 1.807) is 0 Å². The molecule has 98 valence electrons. The third-order valence-corrected chi connectivity index (χ3v) is 5.40. The average Bonchev–Trinajstić information content (AvgIpc) is 3.04. The van der Waals surface area contributed by atoms with Crippen molar-refractivity contribution in [2.45, 2.75) is 19.3 Å². The molecule has 1 aliphatic carbocycles. The fourth-order valence-electron chi connectivity index (χ4n) is 3.34. The monoisotopic (exact) mass is 270 g/mol. The average molecular weight is 270 g/mol. The van der Waals surface area contributed by atoms with Crippen molar-refractivity contribution in [3.63, 3.8) is 0 Å². The lowest BCUT2D eigenvalue weighted by molar-refractivity contribution is 0.394. The maximum Gasteiger partial charge on any atom is 0.0938 e. The minimum atomic E-state index is 0.812. The second kappa shape index (κ2) is 4.43. The summed E-state index contributed by atoms with van der Waals surface area (Å²) in [6, 6.07) is 8.70. The van der Waals surface area contributed by atoms with Gasteiger partial charge in [0.2, 0.25) is 0 Å². The van der Waals surface area contributed by atoms with Crippen LogP contribution in [0.2, 0.25) is 0 Å². The normalized spacial score (nSPS) is 21.6. The Morgan fingerprint density at radius 1 is 1.37 bits per heavy atom. The highest BCUT2D eigenvalue weighted by Crippen LogP contribution is 2.39. The van der Waals surface area contributed by atoms with Crippen LogP contribution in [0.4, 0.5) is 0 Å². The SMILES string of the molecule is CN1CCC(Cc2nc3c(s2)Cc2ccccc2-3)C1. The molecule has 1 saturated heterocycles. The molecule has 2 nitrogen and oxygen atoms in total. The first-order valence-corrected chi connectivity index (χ1v) is 7.86. The lowest BCUT2D eigenvalue weighted by Gasteiger charge is -2.08. The van der Waals surface area contributed by atoms with Crippen LogP contribution in [0, 0.1) is 5.92 Å². The molecule has 0 N–H and O–H groups in total. The minimum absolute atomic E-state index is 0.812. The van der Waals surface area contributed by atoms with Gasteiger partial charge in [-0.05, 0) is 31.5 Å². The highest BCUT2D eigenvalue weighted by Gasteiger charge is 2.25. The van der Waals surface area contributed by atoms with Gasteiger partial charge < -0.3 is 4.90 Å². The lowest BCUT2D eigenvalue weighted by Crippen LogP contribution is -2.14. The zero-order valence-corrected chi connectivity index (χ0v) is 12.0. The molecule has 2 aliphatic rings. The molecule has 1 fully saturated rings. The van der Waals surface area contributed by atoms with Crippen molar-refractivity contribution in [3.05, 3.63) is 39.7 Å². The van der Waals surface area contributed by atoms with Gasteiger partial charge in [0, 0.05) is 29.8 Å². The molecule has 0 radical (unpaired) electrons. The molecule has 2 heterocycles. The number of aromatic nitrogens is 1. The van der Waals surface area contributed by atoms with Crippen LogP contribution in [0.5, 0.6) is 0 Å². The summed E-state index contributed by atoms with van der Waals surface area (Å²) < 4.78 is 0. The maximum atomic E-state index is 4.92. The van der Waals surface area contributed by atoms with E-state index >= 15 is 0 Å². The van der Waals surface area contributed by atoms with Crippen molar-refractivity contribution in [2.75, 3.05) is 20.1 Å². The summed E-state index contributed by atoms with van der Waals surface area (Å²) >= 11 is 1.94. The number of nitrogens with zero attached hydrogens (tertiary/aromatic N) is 2. The largest absolute Gasteiger partial charge is 0.306 e. The fourth-order valence-corrected chi connectivity index (χ4v) is 4.56. The second-order valence-electron chi connectivity index (χ2n) is 5.83. The molecule has 3 heteroatoms. The van der Waals surface area contributed by atoms with Gasteiger partial charge in [-0.1, -0.05) is 24.3 Å². The Morgan fingerprint density at radius 2 is 2.26 bits per heavy atom. The summed E-state index contributed by atoms with van der Waals surface area (Å²) in [6.45, 7) is 2.49. The van der Waals surface area contributed by atoms with Crippen LogP contribution in [0.15, 0.2) is 24.3 Å². The standard InChI is InChI=1S/C16H18N2S/c1-18-7-6-11(10-18)8-15-17-16-13-5-3-2-4-12(13)9-14(16)19-15/h2-5,11H,6-10H2,1H3. The van der Waals surface area contributed by atoms with Crippen LogP contribution in [0.1, 0.15) is 21.9 Å². The topological polar surface area (TPSA) is 16.1 Å². The Morgan fingerprint density at radius 3 is 3.11 bits per heavy atom. The third kappa shape index (κ3) is 2.01. The quantitative estimate of drug-likeness (QED) is 0.711. The van der Waals surface area contributed by atoms with Crippen LogP contribution in [-0.2, 0) is 12.8 Å². The van der Waals surface area contributed by atoms with E-state index in [0.717, 1.165) is 12.3 Å². The van der Waals surface area contributed by atoms with Crippen molar-refractivity contribution in [2.24, 2.45) is 5.92 Å². The molecule has 0 saturated carbocycles. The van der Waals surface area contributed by atoms with Crippen molar-refractivity contribution in [1.29, 1.82) is 0 Å². The van der Waals surface area contributed by atoms with Crippen molar-refractivity contribution < 1.29 is 0 Å². The molecular formula is C16H18N2S. The number of fused-ring (bicyclic) bond motifs is 3. The number of hydrogen-bond acceptors (Lipinski definition) is 3. The molecule has 0 bridgehead atoms. The first-order valence-electron chi connectivity index (χ1n) is 7.05. The molecule has 19 heavy (non-hydrogen) atoms. The summed E-state index contributed by atoms with van der Waals surface area (Å²) in [5.74, 6) is 0.812. The maximum absolute atomic E-state index is 4.92. The minimum Gasteiger partial charge on any atom is -0.306 e. The van der Waals surface area contributed by atoms with E-state index in [-0.39, 0.29) is 0 Å². The smallest absolute Gasteiger partial charge is 0.0938 e. The molecule has 0 amide bonds. The number of thiazole rings is 1. The zero-order valence-electron chi connectivity index (χ0n) is 11.2. The van der Waals surface area contributed by atoms with Crippen LogP contribution < -0.4 is 0 Å². The van der Waals surface area contributed by atoms with E-state index in [1.165, 1.54) is 52.6 Å². The van der Waals surface area contributed by atoms with Gasteiger partial charge in [0.25, 0.3) is 0 Å². The molecule has 1 aromatic carbocycles. The fraction of sp³-hybridized carbons (Fsp3) is 0.438. The van der Waals surface area contributed by atoms with E-state index in [0.29, 0.717) is 0 Å². The first kappa shape index (κ1) is 11.6. The Labute approximate surface area is 118 Å². The highest BCUT2D eigenvalue weighted by atomic mass is 32.1. The van der Waals surface area contributed by atoms with Gasteiger partial charge in [-0.2, -0.15) is 0 Å². The number of hydrogen-bond donors (Lipinski definition) is 0. The summed E-state index contributed by atoms with van der Waals surface area (Å²) in [5, 5.41) is 1.35. The molecule has 4 rings (SSSR count). The van der Waals surface area contributed by atoms with Crippen LogP contribution in [0.25, 0.3) is 11.3 Å². The molecule has 1 aromatic heterocycles. The van der Waals surface area contributed by atoms with Crippen molar-refractivity contribution >= 4 is 11.3 Å². The van der Waals surface area contributed by atoms with Crippen molar-refractivity contribution in [3.8, 4) is 11.3 Å². The van der Waals surface area contributed by atoms with Gasteiger partial charge in [-0.15, -0.1) is 11.3 Å². The van der Waals surface area contributed by atoms with Gasteiger partial charge in [0.15, 0.2) is 0 Å². The predicted octanol–water partition coefficient (Wildman–Crippen LogP) is 3.21. The number of likely N-dealkylation sites (tertiary alicyclic amines) is 1. The summed E-state index contributed by atoms with van der Waals surface area (Å²) in [7, 11) is 2.22. The highest BCUT2D eigenvalue weighted by molar-refractivity contribution is 7.12. The van der Waals surface area contributed by atoms with Crippen LogP contribution >= 0.6 is 11.3 Å². The molecular weight excluding hydrogens is 252 g/mol.